The fourth-order valence-electron chi connectivity index (χ4n) is 1.09. The Morgan fingerprint density at radius 1 is 1.12 bits per heavy atom. The van der Waals surface area contributed by atoms with Crippen molar-refractivity contribution in [2.24, 2.45) is 0 Å². The lowest BCUT2D eigenvalue weighted by Crippen LogP contribution is -2.12. The second-order valence-electron chi connectivity index (χ2n) is 2.28. The van der Waals surface area contributed by atoms with Crippen LogP contribution < -0.4 is 0 Å². The van der Waals surface area contributed by atoms with E-state index < -0.39 is 8.80 Å². The van der Waals surface area contributed by atoms with Crippen LogP contribution in [0.15, 0.2) is 0 Å². The second kappa shape index (κ2) is 2.88. The first-order chi connectivity index (χ1) is 3.93. The molecule has 8 heavy (non-hydrogen) atoms. The van der Waals surface area contributed by atoms with E-state index >= 15 is 0 Å². The van der Waals surface area contributed by atoms with E-state index in [-0.39, 0.29) is 0 Å². The van der Waals surface area contributed by atoms with Crippen LogP contribution >= 0.6 is 0 Å². The van der Waals surface area contributed by atoms with E-state index in [0.717, 1.165) is 0 Å². The highest BCUT2D eigenvalue weighted by atomic mass is 28.3. The first-order valence-corrected chi connectivity index (χ1v) is 5.09. The van der Waals surface area contributed by atoms with Gasteiger partial charge in [-0.2, -0.15) is 0 Å². The van der Waals surface area contributed by atoms with E-state index in [9.17, 15) is 0 Å². The Morgan fingerprint density at radius 2 is 1.75 bits per heavy atom. The van der Waals surface area contributed by atoms with Crippen molar-refractivity contribution in [2.75, 3.05) is 0 Å². The molecule has 0 bridgehead atoms. The molecule has 0 atom stereocenters. The van der Waals surface area contributed by atoms with Gasteiger partial charge in [-0.1, -0.05) is 19.3 Å². The summed E-state index contributed by atoms with van der Waals surface area (Å²) in [5, 5.41) is 8.49. The van der Waals surface area contributed by atoms with Gasteiger partial charge in [-0.15, -0.1) is 0 Å². The molecule has 1 aliphatic heterocycles. The third-order valence-electron chi connectivity index (χ3n) is 1.62. The maximum absolute atomic E-state index is 8.49. The van der Waals surface area contributed by atoms with Crippen molar-refractivity contribution in [2.45, 2.75) is 31.4 Å². The van der Waals surface area contributed by atoms with Crippen LogP contribution in [0.1, 0.15) is 19.3 Å². The average Bonchev–Trinajstić information content (AvgIpc) is 1.90. The van der Waals surface area contributed by atoms with Crippen molar-refractivity contribution in [3.63, 3.8) is 0 Å². The first kappa shape index (κ1) is 5.84. The molecule has 1 fully saturated rings. The predicted molar refractivity (Wildman–Crippen MR) is 34.8 cm³/mol. The fourth-order valence-corrected chi connectivity index (χ4v) is 2.92. The highest BCUT2D eigenvalue weighted by molar-refractivity contribution is 6.66. The summed E-state index contributed by atoms with van der Waals surface area (Å²) in [6, 6.07) is 2.50. The number of hydrogen-bond donors (Lipinski definition) is 0. The van der Waals surface area contributed by atoms with Gasteiger partial charge in [0.25, 0.3) is 0 Å². The Labute approximate surface area is 51.9 Å². The van der Waals surface area contributed by atoms with Crippen molar-refractivity contribution >= 4 is 8.80 Å². The molecule has 0 aromatic heterocycles. The van der Waals surface area contributed by atoms with Gasteiger partial charge in [0.1, 0.15) is 0 Å². The molecule has 43 valence electrons. The summed E-state index contributed by atoms with van der Waals surface area (Å²) >= 11 is 0. The molecular weight excluding hydrogens is 114 g/mol. The maximum atomic E-state index is 8.49. The van der Waals surface area contributed by atoms with Crippen molar-refractivity contribution in [1.82, 2.24) is 0 Å². The zero-order valence-corrected chi connectivity index (χ0v) is 5.98. The van der Waals surface area contributed by atoms with Crippen LogP contribution in [0, 0.1) is 11.0 Å². The van der Waals surface area contributed by atoms with Gasteiger partial charge in [-0.05, 0) is 12.1 Å². The normalized spacial score (nSPS) is 22.4. The lowest BCUT2D eigenvalue weighted by Gasteiger charge is -2.10. The van der Waals surface area contributed by atoms with Crippen LogP contribution in [0.3, 0.4) is 0 Å². The Bertz CT molecular complexity index is 99.6. The van der Waals surface area contributed by atoms with Crippen LogP contribution in [-0.2, 0) is 0 Å². The summed E-state index contributed by atoms with van der Waals surface area (Å²) in [5.41, 5.74) is 2.41. The van der Waals surface area contributed by atoms with Crippen LogP contribution in [0.4, 0.5) is 0 Å². The largest absolute Gasteiger partial charge is 0.207 e. The molecule has 1 radical (unpaired) electrons. The van der Waals surface area contributed by atoms with Gasteiger partial charge in [0.05, 0.1) is 0 Å². The summed E-state index contributed by atoms with van der Waals surface area (Å²) in [5.74, 6) is 0. The quantitative estimate of drug-likeness (QED) is 0.451. The number of hydrogen-bond acceptors (Lipinski definition) is 1. The summed E-state index contributed by atoms with van der Waals surface area (Å²) in [4.78, 5) is 0. The number of rotatable bonds is 0. The SMILES string of the molecule is N#C[Si]1CCCCC1. The van der Waals surface area contributed by atoms with Crippen molar-refractivity contribution in [3.8, 4) is 5.69 Å². The summed E-state index contributed by atoms with van der Waals surface area (Å²) in [6.45, 7) is 0. The van der Waals surface area contributed by atoms with Gasteiger partial charge in [0, 0.05) is 5.69 Å². The number of nitriles is 1. The van der Waals surface area contributed by atoms with Gasteiger partial charge < -0.3 is 0 Å². The molecule has 0 N–H and O–H groups in total. The molecule has 2 heteroatoms. The molecule has 0 unspecified atom stereocenters. The maximum Gasteiger partial charge on any atom is 0.181 e. The monoisotopic (exact) mass is 124 g/mol. The lowest BCUT2D eigenvalue weighted by molar-refractivity contribution is 0.728. The van der Waals surface area contributed by atoms with Gasteiger partial charge in [0.15, 0.2) is 8.80 Å². The van der Waals surface area contributed by atoms with Crippen LogP contribution in [0.5, 0.6) is 0 Å². The summed E-state index contributed by atoms with van der Waals surface area (Å²) < 4.78 is 0. The van der Waals surface area contributed by atoms with Crippen molar-refractivity contribution < 1.29 is 0 Å². The molecule has 1 heterocycles. The van der Waals surface area contributed by atoms with Crippen LogP contribution in [0.2, 0.25) is 12.1 Å². The minimum absolute atomic E-state index is 0.482. The molecule has 0 aliphatic carbocycles. The summed E-state index contributed by atoms with van der Waals surface area (Å²) in [7, 11) is -0.482. The average molecular weight is 124 g/mol. The van der Waals surface area contributed by atoms with Crippen molar-refractivity contribution in [1.29, 1.82) is 5.26 Å². The van der Waals surface area contributed by atoms with Crippen LogP contribution in [-0.4, -0.2) is 8.80 Å². The standard InChI is InChI=1S/C6H10NSi/c7-6-8-4-2-1-3-5-8/h1-5H2. The lowest BCUT2D eigenvalue weighted by atomic mass is 10.3. The molecule has 1 aliphatic rings. The molecule has 0 spiro atoms. The summed E-state index contributed by atoms with van der Waals surface area (Å²) in [6.07, 6.45) is 4.01. The molecule has 0 aromatic rings. The van der Waals surface area contributed by atoms with Crippen LogP contribution in [0.25, 0.3) is 0 Å². The van der Waals surface area contributed by atoms with Crippen molar-refractivity contribution in [3.05, 3.63) is 0 Å². The van der Waals surface area contributed by atoms with E-state index in [1.807, 2.05) is 0 Å². The number of nitrogens with zero attached hydrogens (tertiary/aromatic N) is 1. The minimum Gasteiger partial charge on any atom is -0.207 e. The molecular formula is C6H10NSi. The fraction of sp³-hybridized carbons (Fsp3) is 0.833. The van der Waals surface area contributed by atoms with Gasteiger partial charge >= 0.3 is 0 Å². The zero-order valence-electron chi connectivity index (χ0n) is 4.98. The molecule has 1 nitrogen and oxygen atoms in total. The molecule has 1 saturated heterocycles. The molecule has 0 saturated carbocycles. The predicted octanol–water partition coefficient (Wildman–Crippen LogP) is 1.73. The van der Waals surface area contributed by atoms with Gasteiger partial charge in [-0.25, -0.2) is 5.26 Å². The zero-order chi connectivity index (χ0) is 5.82. The first-order valence-electron chi connectivity index (χ1n) is 3.18. The van der Waals surface area contributed by atoms with E-state index in [1.54, 1.807) is 0 Å². The van der Waals surface area contributed by atoms with Gasteiger partial charge in [-0.3, -0.25) is 0 Å². The van der Waals surface area contributed by atoms with E-state index in [2.05, 4.69) is 5.69 Å². The topological polar surface area (TPSA) is 23.8 Å². The smallest absolute Gasteiger partial charge is 0.181 e. The third kappa shape index (κ3) is 1.34. The molecule has 0 amide bonds. The van der Waals surface area contributed by atoms with Gasteiger partial charge in [0.2, 0.25) is 0 Å². The molecule has 1 rings (SSSR count). The highest BCUT2D eigenvalue weighted by Gasteiger charge is 2.13. The third-order valence-corrected chi connectivity index (χ3v) is 3.85. The van der Waals surface area contributed by atoms with E-state index in [4.69, 9.17) is 5.26 Å². The Balaban J connectivity index is 2.25. The molecule has 0 aromatic carbocycles. The van der Waals surface area contributed by atoms with E-state index in [0.29, 0.717) is 0 Å². The Morgan fingerprint density at radius 3 is 2.12 bits per heavy atom. The minimum atomic E-state index is -0.482. The Hall–Kier alpha value is -0.293. The second-order valence-corrected chi connectivity index (χ2v) is 4.71. The highest BCUT2D eigenvalue weighted by Crippen LogP contribution is 2.17. The van der Waals surface area contributed by atoms with E-state index in [1.165, 1.54) is 31.4 Å². The Kier molecular flexibility index (Phi) is 2.10.